The lowest BCUT2D eigenvalue weighted by molar-refractivity contribution is 0.0949. The quantitative estimate of drug-likeness (QED) is 0.696. The van der Waals surface area contributed by atoms with Crippen LogP contribution in [-0.2, 0) is 13.6 Å². The highest BCUT2D eigenvalue weighted by molar-refractivity contribution is 6.06. The normalized spacial score (nSPS) is 10.3. The van der Waals surface area contributed by atoms with Crippen molar-refractivity contribution >= 4 is 17.5 Å². The van der Waals surface area contributed by atoms with Crippen LogP contribution in [0.15, 0.2) is 54.9 Å². The Morgan fingerprint density at radius 1 is 1.11 bits per heavy atom. The molecule has 2 N–H and O–H groups in total. The highest BCUT2D eigenvalue weighted by Gasteiger charge is 2.16. The first-order valence-corrected chi connectivity index (χ1v) is 8.24. The number of aromatic nitrogens is 3. The molecule has 0 fully saturated rings. The van der Waals surface area contributed by atoms with Crippen LogP contribution in [0, 0.1) is 0 Å². The Labute approximate surface area is 156 Å². The summed E-state index contributed by atoms with van der Waals surface area (Å²) in [6.07, 6.45) is 3.25. The van der Waals surface area contributed by atoms with Crippen molar-refractivity contribution in [3.63, 3.8) is 0 Å². The number of ether oxygens (including phenoxy) is 1. The SMILES string of the molecule is COc1nn(C)cc1C(=O)Nc1ccc(C(=O)NCc2ccccn2)cc1. The molecule has 0 saturated heterocycles. The molecule has 3 rings (SSSR count). The van der Waals surface area contributed by atoms with Crippen LogP contribution in [-0.4, -0.2) is 33.7 Å². The van der Waals surface area contributed by atoms with Gasteiger partial charge in [0.2, 0.25) is 5.88 Å². The zero-order valence-electron chi connectivity index (χ0n) is 15.0. The van der Waals surface area contributed by atoms with Gasteiger partial charge in [-0.3, -0.25) is 19.3 Å². The molecule has 138 valence electrons. The zero-order chi connectivity index (χ0) is 19.2. The molecule has 0 radical (unpaired) electrons. The Morgan fingerprint density at radius 2 is 1.89 bits per heavy atom. The van der Waals surface area contributed by atoms with Crippen molar-refractivity contribution < 1.29 is 14.3 Å². The second-order valence-electron chi connectivity index (χ2n) is 5.76. The molecule has 8 nitrogen and oxygen atoms in total. The fourth-order valence-corrected chi connectivity index (χ4v) is 2.45. The number of nitrogens with one attached hydrogen (secondary N) is 2. The summed E-state index contributed by atoms with van der Waals surface area (Å²) in [6.45, 7) is 0.346. The number of aryl methyl sites for hydroxylation is 1. The van der Waals surface area contributed by atoms with Crippen molar-refractivity contribution in [2.45, 2.75) is 6.54 Å². The van der Waals surface area contributed by atoms with E-state index in [0.29, 0.717) is 23.4 Å². The maximum absolute atomic E-state index is 12.4. The summed E-state index contributed by atoms with van der Waals surface area (Å²) in [5, 5.41) is 9.61. The van der Waals surface area contributed by atoms with Gasteiger partial charge in [-0.15, -0.1) is 5.10 Å². The number of rotatable bonds is 6. The van der Waals surface area contributed by atoms with Crippen molar-refractivity contribution in [3.8, 4) is 5.88 Å². The van der Waals surface area contributed by atoms with Crippen LogP contribution in [0.25, 0.3) is 0 Å². The topological polar surface area (TPSA) is 98.1 Å². The number of anilines is 1. The lowest BCUT2D eigenvalue weighted by atomic mass is 10.2. The van der Waals surface area contributed by atoms with Gasteiger partial charge in [0.25, 0.3) is 11.8 Å². The Balaban J connectivity index is 1.61. The van der Waals surface area contributed by atoms with Crippen LogP contribution >= 0.6 is 0 Å². The van der Waals surface area contributed by atoms with E-state index in [4.69, 9.17) is 4.74 Å². The number of carbonyl (C=O) groups is 2. The summed E-state index contributed by atoms with van der Waals surface area (Å²) in [6, 6.07) is 12.1. The molecule has 0 saturated carbocycles. The predicted octanol–water partition coefficient (Wildman–Crippen LogP) is 2.01. The third-order valence-corrected chi connectivity index (χ3v) is 3.79. The maximum Gasteiger partial charge on any atom is 0.262 e. The first-order valence-electron chi connectivity index (χ1n) is 8.24. The van der Waals surface area contributed by atoms with Crippen LogP contribution < -0.4 is 15.4 Å². The molecule has 0 aliphatic rings. The number of pyridine rings is 1. The highest BCUT2D eigenvalue weighted by Crippen LogP contribution is 2.17. The molecule has 0 bridgehead atoms. The van der Waals surface area contributed by atoms with Crippen molar-refractivity contribution in [3.05, 3.63) is 71.7 Å². The van der Waals surface area contributed by atoms with E-state index < -0.39 is 0 Å². The first-order chi connectivity index (χ1) is 13.1. The minimum Gasteiger partial charge on any atom is -0.479 e. The molecule has 0 atom stereocenters. The Morgan fingerprint density at radius 3 is 2.56 bits per heavy atom. The number of hydrogen-bond acceptors (Lipinski definition) is 5. The molecular weight excluding hydrogens is 346 g/mol. The molecule has 2 aromatic heterocycles. The van der Waals surface area contributed by atoms with E-state index in [1.165, 1.54) is 11.8 Å². The summed E-state index contributed by atoms with van der Waals surface area (Å²) in [5.74, 6) is -0.305. The van der Waals surface area contributed by atoms with E-state index in [2.05, 4.69) is 20.7 Å². The third-order valence-electron chi connectivity index (χ3n) is 3.79. The van der Waals surface area contributed by atoms with Crippen molar-refractivity contribution in [2.24, 2.45) is 7.05 Å². The maximum atomic E-state index is 12.4. The Kier molecular flexibility index (Phi) is 5.46. The summed E-state index contributed by atoms with van der Waals surface area (Å²) >= 11 is 0. The Bertz CT molecular complexity index is 936. The minimum absolute atomic E-state index is 0.215. The van der Waals surface area contributed by atoms with Crippen molar-refractivity contribution in [1.82, 2.24) is 20.1 Å². The van der Waals surface area contributed by atoms with Crippen LogP contribution in [0.2, 0.25) is 0 Å². The molecule has 1 aromatic carbocycles. The van der Waals surface area contributed by atoms with Crippen LogP contribution in [0.3, 0.4) is 0 Å². The van der Waals surface area contributed by atoms with E-state index in [1.54, 1.807) is 43.7 Å². The lowest BCUT2D eigenvalue weighted by Gasteiger charge is -2.07. The van der Waals surface area contributed by atoms with Crippen LogP contribution in [0.5, 0.6) is 5.88 Å². The van der Waals surface area contributed by atoms with Gasteiger partial charge < -0.3 is 15.4 Å². The molecule has 0 unspecified atom stereocenters. The summed E-state index contributed by atoms with van der Waals surface area (Å²) in [4.78, 5) is 28.7. The second kappa shape index (κ2) is 8.13. The van der Waals surface area contributed by atoms with Gasteiger partial charge in [0.15, 0.2) is 0 Å². The number of carbonyl (C=O) groups excluding carboxylic acids is 2. The standard InChI is InChI=1S/C19H19N5O3/c1-24-12-16(19(23-24)27-2)18(26)22-14-8-6-13(7-9-14)17(25)21-11-15-5-3-4-10-20-15/h3-10,12H,11H2,1-2H3,(H,21,25)(H,22,26). The van der Waals surface area contributed by atoms with Gasteiger partial charge in [-0.05, 0) is 36.4 Å². The van der Waals surface area contributed by atoms with Gasteiger partial charge >= 0.3 is 0 Å². The van der Waals surface area contributed by atoms with E-state index in [9.17, 15) is 9.59 Å². The van der Waals surface area contributed by atoms with E-state index in [-0.39, 0.29) is 17.7 Å². The van der Waals surface area contributed by atoms with Gasteiger partial charge in [-0.1, -0.05) is 6.07 Å². The van der Waals surface area contributed by atoms with Gasteiger partial charge in [-0.2, -0.15) is 0 Å². The number of nitrogens with zero attached hydrogens (tertiary/aromatic N) is 3. The zero-order valence-corrected chi connectivity index (χ0v) is 15.0. The van der Waals surface area contributed by atoms with Gasteiger partial charge in [0.05, 0.1) is 19.3 Å². The summed E-state index contributed by atoms with van der Waals surface area (Å²) in [5.41, 5.74) is 2.16. The fraction of sp³-hybridized carbons (Fsp3) is 0.158. The highest BCUT2D eigenvalue weighted by atomic mass is 16.5. The van der Waals surface area contributed by atoms with E-state index in [0.717, 1.165) is 5.69 Å². The molecular formula is C19H19N5O3. The van der Waals surface area contributed by atoms with Gasteiger partial charge in [0, 0.05) is 30.7 Å². The van der Waals surface area contributed by atoms with Gasteiger partial charge in [-0.25, -0.2) is 0 Å². The molecule has 27 heavy (non-hydrogen) atoms. The average Bonchev–Trinajstić information content (AvgIpc) is 3.08. The minimum atomic E-state index is -0.340. The smallest absolute Gasteiger partial charge is 0.262 e. The number of methoxy groups -OCH3 is 1. The monoisotopic (exact) mass is 365 g/mol. The molecule has 0 aliphatic carbocycles. The number of amides is 2. The fourth-order valence-electron chi connectivity index (χ4n) is 2.45. The van der Waals surface area contributed by atoms with Gasteiger partial charge in [0.1, 0.15) is 5.56 Å². The summed E-state index contributed by atoms with van der Waals surface area (Å²) < 4.78 is 6.59. The number of benzene rings is 1. The largest absolute Gasteiger partial charge is 0.479 e. The molecule has 2 amide bonds. The van der Waals surface area contributed by atoms with E-state index >= 15 is 0 Å². The molecule has 8 heteroatoms. The first kappa shape index (κ1) is 18.1. The van der Waals surface area contributed by atoms with Crippen LogP contribution in [0.4, 0.5) is 5.69 Å². The Hall–Kier alpha value is -3.68. The summed E-state index contributed by atoms with van der Waals surface area (Å²) in [7, 11) is 3.16. The van der Waals surface area contributed by atoms with Crippen LogP contribution in [0.1, 0.15) is 26.4 Å². The molecule has 0 spiro atoms. The average molecular weight is 365 g/mol. The number of hydrogen-bond donors (Lipinski definition) is 2. The predicted molar refractivity (Wildman–Crippen MR) is 99.6 cm³/mol. The molecule has 0 aliphatic heterocycles. The molecule has 3 aromatic rings. The van der Waals surface area contributed by atoms with Crippen molar-refractivity contribution in [2.75, 3.05) is 12.4 Å². The lowest BCUT2D eigenvalue weighted by Crippen LogP contribution is -2.23. The third kappa shape index (κ3) is 4.49. The van der Waals surface area contributed by atoms with E-state index in [1.807, 2.05) is 18.2 Å². The van der Waals surface area contributed by atoms with Crippen molar-refractivity contribution in [1.29, 1.82) is 0 Å². The molecule has 2 heterocycles. The second-order valence-corrected chi connectivity index (χ2v) is 5.76.